The van der Waals surface area contributed by atoms with Crippen molar-refractivity contribution in [3.8, 4) is 0 Å². The first-order valence-electron chi connectivity index (χ1n) is 7.47. The number of nitrogens with zero attached hydrogens (tertiary/aromatic N) is 1. The van der Waals surface area contributed by atoms with E-state index in [1.54, 1.807) is 4.31 Å². The third kappa shape index (κ3) is 3.92. The predicted molar refractivity (Wildman–Crippen MR) is 78.5 cm³/mol. The van der Waals surface area contributed by atoms with Gasteiger partial charge in [0.05, 0.1) is 5.75 Å². The van der Waals surface area contributed by atoms with Crippen LogP contribution in [0.15, 0.2) is 0 Å². The zero-order valence-electron chi connectivity index (χ0n) is 12.5. The number of nitrogens with one attached hydrogen (secondary N) is 1. The van der Waals surface area contributed by atoms with Crippen LogP contribution in [0.5, 0.6) is 0 Å². The fraction of sp³-hybridized carbons (Fsp3) is 1.00. The van der Waals surface area contributed by atoms with Crippen molar-refractivity contribution in [1.82, 2.24) is 9.62 Å². The summed E-state index contributed by atoms with van der Waals surface area (Å²) in [5, 5.41) is 3.30. The SMILES string of the molecule is CC(C)(C)C1CCN(S(=O)(=O)CC2CCCNC2)C1. The molecule has 19 heavy (non-hydrogen) atoms. The molecule has 4 nitrogen and oxygen atoms in total. The van der Waals surface area contributed by atoms with Gasteiger partial charge in [-0.3, -0.25) is 0 Å². The fourth-order valence-electron chi connectivity index (χ4n) is 3.16. The molecular weight excluding hydrogens is 260 g/mol. The lowest BCUT2D eigenvalue weighted by Gasteiger charge is -2.28. The summed E-state index contributed by atoms with van der Waals surface area (Å²) < 4.78 is 26.7. The van der Waals surface area contributed by atoms with Crippen molar-refractivity contribution in [2.75, 3.05) is 31.9 Å². The van der Waals surface area contributed by atoms with Crippen LogP contribution in [0.4, 0.5) is 0 Å². The van der Waals surface area contributed by atoms with E-state index in [9.17, 15) is 8.42 Å². The zero-order chi connectivity index (χ0) is 14.1. The topological polar surface area (TPSA) is 49.4 Å². The number of piperidine rings is 1. The summed E-state index contributed by atoms with van der Waals surface area (Å²) in [6, 6.07) is 0. The van der Waals surface area contributed by atoms with E-state index in [0.717, 1.165) is 32.4 Å². The van der Waals surface area contributed by atoms with Crippen LogP contribution in [0.1, 0.15) is 40.0 Å². The summed E-state index contributed by atoms with van der Waals surface area (Å²) in [6.07, 6.45) is 3.15. The third-order valence-electron chi connectivity index (χ3n) is 4.61. The van der Waals surface area contributed by atoms with Crippen molar-refractivity contribution in [3.63, 3.8) is 0 Å². The average Bonchev–Trinajstić information content (AvgIpc) is 2.79. The Balaban J connectivity index is 1.93. The van der Waals surface area contributed by atoms with E-state index in [1.807, 2.05) is 0 Å². The van der Waals surface area contributed by atoms with Crippen LogP contribution in [-0.2, 0) is 10.0 Å². The molecule has 0 aromatic carbocycles. The largest absolute Gasteiger partial charge is 0.316 e. The van der Waals surface area contributed by atoms with Crippen LogP contribution in [0.25, 0.3) is 0 Å². The highest BCUT2D eigenvalue weighted by Crippen LogP contribution is 2.35. The van der Waals surface area contributed by atoms with E-state index in [-0.39, 0.29) is 5.41 Å². The van der Waals surface area contributed by atoms with Gasteiger partial charge in [0.25, 0.3) is 0 Å². The van der Waals surface area contributed by atoms with Crippen molar-refractivity contribution in [3.05, 3.63) is 0 Å². The van der Waals surface area contributed by atoms with E-state index >= 15 is 0 Å². The first kappa shape index (κ1) is 15.3. The first-order chi connectivity index (χ1) is 8.79. The van der Waals surface area contributed by atoms with Crippen LogP contribution in [-0.4, -0.2) is 44.7 Å². The molecule has 2 rings (SSSR count). The minimum atomic E-state index is -3.06. The lowest BCUT2D eigenvalue weighted by atomic mass is 9.80. The molecule has 2 aliphatic rings. The Morgan fingerprint density at radius 1 is 1.26 bits per heavy atom. The number of sulfonamides is 1. The van der Waals surface area contributed by atoms with E-state index in [1.165, 1.54) is 0 Å². The number of rotatable bonds is 3. The Hall–Kier alpha value is -0.130. The summed E-state index contributed by atoms with van der Waals surface area (Å²) in [6.45, 7) is 9.94. The van der Waals surface area contributed by atoms with Gasteiger partial charge in [-0.2, -0.15) is 0 Å². The molecule has 2 heterocycles. The fourth-order valence-corrected chi connectivity index (χ4v) is 5.04. The Kier molecular flexibility index (Phi) is 4.58. The van der Waals surface area contributed by atoms with Crippen LogP contribution >= 0.6 is 0 Å². The van der Waals surface area contributed by atoms with Gasteiger partial charge >= 0.3 is 0 Å². The lowest BCUT2D eigenvalue weighted by molar-refractivity contribution is 0.251. The molecular formula is C14H28N2O2S. The summed E-state index contributed by atoms with van der Waals surface area (Å²) >= 11 is 0. The minimum absolute atomic E-state index is 0.205. The number of hydrogen-bond acceptors (Lipinski definition) is 3. The molecule has 0 aromatic rings. The van der Waals surface area contributed by atoms with E-state index in [4.69, 9.17) is 0 Å². The van der Waals surface area contributed by atoms with Crippen LogP contribution < -0.4 is 5.32 Å². The molecule has 0 spiro atoms. The molecule has 1 N–H and O–H groups in total. The Bertz CT molecular complexity index is 394. The van der Waals surface area contributed by atoms with Crippen LogP contribution in [0, 0.1) is 17.3 Å². The Morgan fingerprint density at radius 3 is 2.53 bits per heavy atom. The van der Waals surface area contributed by atoms with Gasteiger partial charge in [0.1, 0.15) is 0 Å². The standard InChI is InChI=1S/C14H28N2O2S/c1-14(2,3)13-6-8-16(10-13)19(17,18)11-12-5-4-7-15-9-12/h12-13,15H,4-11H2,1-3H3. The minimum Gasteiger partial charge on any atom is -0.316 e. The monoisotopic (exact) mass is 288 g/mol. The summed E-state index contributed by atoms with van der Waals surface area (Å²) in [7, 11) is -3.06. The molecule has 2 fully saturated rings. The van der Waals surface area contributed by atoms with Crippen molar-refractivity contribution in [2.24, 2.45) is 17.3 Å². The van der Waals surface area contributed by atoms with E-state index < -0.39 is 10.0 Å². The van der Waals surface area contributed by atoms with Gasteiger partial charge in [-0.1, -0.05) is 20.8 Å². The zero-order valence-corrected chi connectivity index (χ0v) is 13.3. The first-order valence-corrected chi connectivity index (χ1v) is 9.08. The molecule has 2 saturated heterocycles. The Labute approximate surface area is 118 Å². The molecule has 0 aliphatic carbocycles. The van der Waals surface area contributed by atoms with Gasteiger partial charge in [0.2, 0.25) is 10.0 Å². The van der Waals surface area contributed by atoms with Gasteiger partial charge in [-0.05, 0) is 49.6 Å². The molecule has 5 heteroatoms. The van der Waals surface area contributed by atoms with E-state index in [0.29, 0.717) is 30.7 Å². The highest BCUT2D eigenvalue weighted by molar-refractivity contribution is 7.89. The third-order valence-corrected chi connectivity index (χ3v) is 6.63. The normalized spacial score (nSPS) is 30.7. The molecule has 112 valence electrons. The van der Waals surface area contributed by atoms with Crippen molar-refractivity contribution in [1.29, 1.82) is 0 Å². The smallest absolute Gasteiger partial charge is 0.214 e. The molecule has 0 bridgehead atoms. The van der Waals surface area contributed by atoms with Crippen LogP contribution in [0.2, 0.25) is 0 Å². The molecule has 2 atom stereocenters. The summed E-state index contributed by atoms with van der Waals surface area (Å²) in [5.74, 6) is 1.12. The van der Waals surface area contributed by atoms with Gasteiger partial charge in [0.15, 0.2) is 0 Å². The van der Waals surface area contributed by atoms with Gasteiger partial charge in [-0.15, -0.1) is 0 Å². The average molecular weight is 288 g/mol. The van der Waals surface area contributed by atoms with E-state index in [2.05, 4.69) is 26.1 Å². The predicted octanol–water partition coefficient (Wildman–Crippen LogP) is 1.68. The molecule has 2 aliphatic heterocycles. The summed E-state index contributed by atoms with van der Waals surface area (Å²) in [4.78, 5) is 0. The molecule has 0 saturated carbocycles. The lowest BCUT2D eigenvalue weighted by Crippen LogP contribution is -2.39. The van der Waals surface area contributed by atoms with Gasteiger partial charge in [0, 0.05) is 13.1 Å². The van der Waals surface area contributed by atoms with Crippen molar-refractivity contribution in [2.45, 2.75) is 40.0 Å². The second kappa shape index (κ2) is 5.70. The highest BCUT2D eigenvalue weighted by Gasteiger charge is 2.37. The van der Waals surface area contributed by atoms with Crippen molar-refractivity contribution >= 4 is 10.0 Å². The quantitative estimate of drug-likeness (QED) is 0.859. The maximum Gasteiger partial charge on any atom is 0.214 e. The molecule has 0 radical (unpaired) electrons. The molecule has 2 unspecified atom stereocenters. The molecule has 0 aromatic heterocycles. The van der Waals surface area contributed by atoms with Gasteiger partial charge < -0.3 is 5.32 Å². The molecule has 0 amide bonds. The summed E-state index contributed by atoms with van der Waals surface area (Å²) in [5.41, 5.74) is 0.205. The maximum atomic E-state index is 12.5. The van der Waals surface area contributed by atoms with Gasteiger partial charge in [-0.25, -0.2) is 12.7 Å². The van der Waals surface area contributed by atoms with Crippen LogP contribution in [0.3, 0.4) is 0 Å². The number of hydrogen-bond donors (Lipinski definition) is 1. The van der Waals surface area contributed by atoms with Crippen molar-refractivity contribution < 1.29 is 8.42 Å². The second-order valence-corrected chi connectivity index (χ2v) is 9.21. The highest BCUT2D eigenvalue weighted by atomic mass is 32.2. The maximum absolute atomic E-state index is 12.5. The second-order valence-electron chi connectivity index (χ2n) is 7.20. The Morgan fingerprint density at radius 2 is 2.00 bits per heavy atom.